The zero-order valence-electron chi connectivity index (χ0n) is 8.22. The summed E-state index contributed by atoms with van der Waals surface area (Å²) < 4.78 is 20.8. The van der Waals surface area contributed by atoms with Gasteiger partial charge in [0.15, 0.2) is 0 Å². The second-order valence-electron chi connectivity index (χ2n) is 2.20. The van der Waals surface area contributed by atoms with Crippen LogP contribution in [0, 0.1) is 0 Å². The van der Waals surface area contributed by atoms with Gasteiger partial charge < -0.3 is 14.8 Å². The number of carboxylic acids is 1. The molecular weight excluding hydrogens is 242 g/mol. The van der Waals surface area contributed by atoms with Crippen LogP contribution in [-0.4, -0.2) is 19.8 Å². The van der Waals surface area contributed by atoms with Crippen LogP contribution >= 0.6 is 0 Å². The molecule has 0 spiro atoms. The van der Waals surface area contributed by atoms with Crippen LogP contribution in [0.4, 0.5) is 0 Å². The summed E-state index contributed by atoms with van der Waals surface area (Å²) in [6.07, 6.45) is 0. The number of benzene rings is 1. The molecule has 0 fully saturated rings. The Morgan fingerprint density at radius 2 is 1.87 bits per heavy atom. The van der Waals surface area contributed by atoms with Gasteiger partial charge in [0.1, 0.15) is 0 Å². The average Bonchev–Trinajstić information content (AvgIpc) is 2.04. The SMILES string of the molecule is O=C(O)c1ccc([O-])c(S(=O)[O-])c1.[Na+].[Na+]. The van der Waals surface area contributed by atoms with E-state index in [0.29, 0.717) is 0 Å². The standard InChI is InChI=1S/C7H6O5S.2Na/c8-5-2-1-4(7(9)10)3-6(5)13(11)12;;/h1-3,8H,(H,9,10)(H,11,12);;/q;2*+1/p-2. The Labute approximate surface area is 133 Å². The van der Waals surface area contributed by atoms with Crippen LogP contribution in [-0.2, 0) is 11.1 Å². The van der Waals surface area contributed by atoms with Crippen molar-refractivity contribution in [1.29, 1.82) is 0 Å². The van der Waals surface area contributed by atoms with Gasteiger partial charge in [-0.15, -0.1) is 0 Å². The summed E-state index contributed by atoms with van der Waals surface area (Å²) >= 11 is -2.69. The first-order valence-corrected chi connectivity index (χ1v) is 4.23. The molecular formula is C7H4Na2O5S. The van der Waals surface area contributed by atoms with E-state index >= 15 is 0 Å². The molecule has 70 valence electrons. The molecule has 1 atom stereocenters. The Kier molecular flexibility index (Phi) is 9.36. The van der Waals surface area contributed by atoms with Gasteiger partial charge in [0.05, 0.1) is 5.56 Å². The third-order valence-corrected chi connectivity index (χ3v) is 2.05. The minimum absolute atomic E-state index is 0. The molecule has 0 aliphatic rings. The maximum absolute atomic E-state index is 10.8. The quantitative estimate of drug-likeness (QED) is 0.413. The third kappa shape index (κ3) is 4.97. The fourth-order valence-electron chi connectivity index (χ4n) is 0.771. The summed E-state index contributed by atoms with van der Waals surface area (Å²) in [7, 11) is 0. The van der Waals surface area contributed by atoms with Gasteiger partial charge in [0.25, 0.3) is 0 Å². The summed E-state index contributed by atoms with van der Waals surface area (Å²) in [5, 5.41) is 19.3. The molecule has 0 aliphatic carbocycles. The van der Waals surface area contributed by atoms with Crippen molar-refractivity contribution in [2.24, 2.45) is 0 Å². The fourth-order valence-corrected chi connectivity index (χ4v) is 1.23. The second kappa shape index (κ2) is 7.81. The first-order chi connectivity index (χ1) is 6.02. The van der Waals surface area contributed by atoms with Gasteiger partial charge in [-0.3, -0.25) is 4.21 Å². The van der Waals surface area contributed by atoms with Crippen LogP contribution in [0.2, 0.25) is 0 Å². The Morgan fingerprint density at radius 1 is 1.33 bits per heavy atom. The minimum Gasteiger partial charge on any atom is -0.872 e. The molecule has 1 aromatic carbocycles. The predicted molar refractivity (Wildman–Crippen MR) is 40.0 cm³/mol. The molecule has 0 heterocycles. The van der Waals surface area contributed by atoms with Gasteiger partial charge in [0.2, 0.25) is 0 Å². The van der Waals surface area contributed by atoms with Crippen molar-refractivity contribution in [1.82, 2.24) is 0 Å². The topological polar surface area (TPSA) is 100 Å². The van der Waals surface area contributed by atoms with Crippen LogP contribution in [0.5, 0.6) is 5.75 Å². The van der Waals surface area contributed by atoms with E-state index in [1.165, 1.54) is 0 Å². The van der Waals surface area contributed by atoms with Gasteiger partial charge in [-0.25, -0.2) is 4.79 Å². The monoisotopic (exact) mass is 246 g/mol. The van der Waals surface area contributed by atoms with Gasteiger partial charge in [-0.2, -0.15) is 0 Å². The molecule has 1 aromatic rings. The normalized spacial score (nSPS) is 10.7. The number of hydrogen-bond acceptors (Lipinski definition) is 4. The summed E-state index contributed by atoms with van der Waals surface area (Å²) in [6.45, 7) is 0. The zero-order chi connectivity index (χ0) is 10.0. The number of carboxylic acid groups (broad SMARTS) is 1. The average molecular weight is 246 g/mol. The zero-order valence-corrected chi connectivity index (χ0v) is 13.0. The maximum atomic E-state index is 10.8. The molecule has 1 unspecified atom stereocenters. The molecule has 1 N–H and O–H groups in total. The van der Waals surface area contributed by atoms with Crippen molar-refractivity contribution in [2.45, 2.75) is 4.90 Å². The van der Waals surface area contributed by atoms with E-state index in [1.807, 2.05) is 0 Å². The molecule has 0 aliphatic heterocycles. The minimum atomic E-state index is -2.69. The first kappa shape index (κ1) is 18.0. The molecule has 0 aromatic heterocycles. The maximum Gasteiger partial charge on any atom is 1.00 e. The summed E-state index contributed by atoms with van der Waals surface area (Å²) in [5.41, 5.74) is -0.223. The molecule has 0 saturated carbocycles. The Hall–Kier alpha value is 0.600. The van der Waals surface area contributed by atoms with Gasteiger partial charge >= 0.3 is 65.1 Å². The molecule has 8 heteroatoms. The third-order valence-electron chi connectivity index (χ3n) is 1.37. The van der Waals surface area contributed by atoms with Crippen LogP contribution in [0.3, 0.4) is 0 Å². The fraction of sp³-hybridized carbons (Fsp3) is 0. The van der Waals surface area contributed by atoms with E-state index in [1.54, 1.807) is 0 Å². The molecule has 0 bridgehead atoms. The van der Waals surface area contributed by atoms with Crippen LogP contribution in [0.1, 0.15) is 10.4 Å². The van der Waals surface area contributed by atoms with Crippen LogP contribution in [0.25, 0.3) is 0 Å². The predicted octanol–water partition coefficient (Wildman–Crippen LogP) is -6.30. The molecule has 1 rings (SSSR count). The first-order valence-electron chi connectivity index (χ1n) is 3.16. The van der Waals surface area contributed by atoms with Crippen molar-refractivity contribution >= 4 is 17.0 Å². The van der Waals surface area contributed by atoms with Gasteiger partial charge in [-0.05, 0) is 23.2 Å². The number of carbonyl (C=O) groups is 1. The second-order valence-corrected chi connectivity index (χ2v) is 3.11. The van der Waals surface area contributed by atoms with E-state index in [-0.39, 0.29) is 64.7 Å². The number of rotatable bonds is 2. The molecule has 0 amide bonds. The van der Waals surface area contributed by atoms with E-state index in [0.717, 1.165) is 18.2 Å². The summed E-state index contributed by atoms with van der Waals surface area (Å²) in [5.74, 6) is -1.98. The smallest absolute Gasteiger partial charge is 0.872 e. The van der Waals surface area contributed by atoms with Gasteiger partial charge in [-0.1, -0.05) is 11.8 Å². The van der Waals surface area contributed by atoms with E-state index < -0.39 is 27.7 Å². The van der Waals surface area contributed by atoms with Crippen LogP contribution < -0.4 is 64.2 Å². The molecule has 5 nitrogen and oxygen atoms in total. The molecule has 0 saturated heterocycles. The Balaban J connectivity index is 0. The molecule has 15 heavy (non-hydrogen) atoms. The van der Waals surface area contributed by atoms with Gasteiger partial charge in [0, 0.05) is 4.90 Å². The largest absolute Gasteiger partial charge is 1.00 e. The Bertz CT molecular complexity index is 382. The van der Waals surface area contributed by atoms with E-state index in [9.17, 15) is 18.7 Å². The van der Waals surface area contributed by atoms with Crippen LogP contribution in [0.15, 0.2) is 23.1 Å². The van der Waals surface area contributed by atoms with Crippen molar-refractivity contribution < 1.29 is 82.9 Å². The number of aromatic carboxylic acids is 1. The van der Waals surface area contributed by atoms with E-state index in [2.05, 4.69) is 0 Å². The van der Waals surface area contributed by atoms with E-state index in [4.69, 9.17) is 5.11 Å². The van der Waals surface area contributed by atoms with Crippen molar-refractivity contribution in [3.05, 3.63) is 23.8 Å². The van der Waals surface area contributed by atoms with Crippen molar-refractivity contribution in [3.63, 3.8) is 0 Å². The van der Waals surface area contributed by atoms with Crippen molar-refractivity contribution in [2.75, 3.05) is 0 Å². The summed E-state index contributed by atoms with van der Waals surface area (Å²) in [6, 6.07) is 2.80. The van der Waals surface area contributed by atoms with Crippen molar-refractivity contribution in [3.8, 4) is 5.75 Å². The molecule has 0 radical (unpaired) electrons. The summed E-state index contributed by atoms with van der Waals surface area (Å²) in [4.78, 5) is 9.86. The Morgan fingerprint density at radius 3 is 2.27 bits per heavy atom. The number of hydrogen-bond donors (Lipinski definition) is 1.